The molecule has 1 aliphatic heterocycles. The largest absolute Gasteiger partial charge is 0.372 e. The van der Waals surface area contributed by atoms with Crippen molar-refractivity contribution in [1.29, 1.82) is 5.26 Å². The zero-order valence-corrected chi connectivity index (χ0v) is 28.4. The molecule has 2 amide bonds. The van der Waals surface area contributed by atoms with Gasteiger partial charge in [-0.15, -0.1) is 11.3 Å². The van der Waals surface area contributed by atoms with E-state index in [0.29, 0.717) is 38.2 Å². The van der Waals surface area contributed by atoms with Gasteiger partial charge in [0.1, 0.15) is 11.6 Å². The summed E-state index contributed by atoms with van der Waals surface area (Å²) in [4.78, 5) is 33.3. The second-order valence-corrected chi connectivity index (χ2v) is 14.4. The van der Waals surface area contributed by atoms with Crippen molar-refractivity contribution in [3.05, 3.63) is 57.3 Å². The molecular formula is C34H44F2N6O3S. The van der Waals surface area contributed by atoms with Gasteiger partial charge in [0.15, 0.2) is 0 Å². The summed E-state index contributed by atoms with van der Waals surface area (Å²) in [7, 11) is 0. The smallest absolute Gasteiger partial charge is 0.272 e. The van der Waals surface area contributed by atoms with E-state index in [1.807, 2.05) is 29.7 Å². The van der Waals surface area contributed by atoms with Gasteiger partial charge in [0.2, 0.25) is 5.95 Å². The monoisotopic (exact) mass is 654 g/mol. The number of amides is 2. The molecule has 1 saturated heterocycles. The quantitative estimate of drug-likeness (QED) is 0.160. The molecule has 2 N–H and O–H groups in total. The predicted molar refractivity (Wildman–Crippen MR) is 177 cm³/mol. The average Bonchev–Trinajstić information content (AvgIpc) is 3.73. The topological polar surface area (TPSA) is 112 Å². The highest BCUT2D eigenvalue weighted by molar-refractivity contribution is 7.14. The Balaban J connectivity index is 1.66. The number of alkyl halides is 2. The molecule has 0 bridgehead atoms. The summed E-state index contributed by atoms with van der Waals surface area (Å²) in [5.41, 5.74) is 1.75. The van der Waals surface area contributed by atoms with Gasteiger partial charge in [-0.3, -0.25) is 14.9 Å². The first-order chi connectivity index (χ1) is 21.6. The Bertz CT molecular complexity index is 1630. The van der Waals surface area contributed by atoms with Crippen molar-refractivity contribution in [3.8, 4) is 6.07 Å². The number of anilines is 1. The van der Waals surface area contributed by atoms with Crippen LogP contribution in [0.15, 0.2) is 42.0 Å². The minimum absolute atomic E-state index is 0.0172. The molecule has 2 aromatic heterocycles. The van der Waals surface area contributed by atoms with Gasteiger partial charge < -0.3 is 19.5 Å². The zero-order chi connectivity index (χ0) is 33.8. The lowest BCUT2D eigenvalue weighted by Crippen LogP contribution is -2.39. The van der Waals surface area contributed by atoms with Crippen LogP contribution in [-0.2, 0) is 22.6 Å². The molecule has 248 valence electrons. The van der Waals surface area contributed by atoms with Crippen molar-refractivity contribution in [2.24, 2.45) is 5.41 Å². The maximum absolute atomic E-state index is 13.6. The van der Waals surface area contributed by atoms with E-state index >= 15 is 0 Å². The third-order valence-corrected chi connectivity index (χ3v) is 9.50. The van der Waals surface area contributed by atoms with Crippen LogP contribution >= 0.6 is 11.3 Å². The summed E-state index contributed by atoms with van der Waals surface area (Å²) in [5, 5.41) is 16.3. The molecule has 1 fully saturated rings. The number of likely N-dealkylation sites (tertiary alicyclic amines) is 1. The van der Waals surface area contributed by atoms with Crippen LogP contribution in [0.4, 0.5) is 14.7 Å². The molecule has 3 aromatic rings. The Morgan fingerprint density at radius 1 is 1.22 bits per heavy atom. The molecule has 1 aliphatic rings. The molecule has 0 saturated carbocycles. The Kier molecular flexibility index (Phi) is 11.0. The molecule has 0 spiro atoms. The minimum atomic E-state index is -2.67. The fourth-order valence-electron chi connectivity index (χ4n) is 5.46. The van der Waals surface area contributed by atoms with E-state index in [1.165, 1.54) is 12.1 Å². The van der Waals surface area contributed by atoms with E-state index < -0.39 is 17.9 Å². The highest BCUT2D eigenvalue weighted by Gasteiger charge is 2.33. The third-order valence-electron chi connectivity index (χ3n) is 8.41. The number of thiophene rings is 1. The van der Waals surface area contributed by atoms with Crippen LogP contribution in [0.5, 0.6) is 0 Å². The van der Waals surface area contributed by atoms with Gasteiger partial charge in [-0.05, 0) is 81.9 Å². The van der Waals surface area contributed by atoms with Crippen molar-refractivity contribution in [2.75, 3.05) is 18.5 Å². The van der Waals surface area contributed by atoms with Gasteiger partial charge in [-0.25, -0.2) is 13.8 Å². The Morgan fingerprint density at radius 3 is 2.59 bits per heavy atom. The van der Waals surface area contributed by atoms with E-state index in [0.717, 1.165) is 28.8 Å². The van der Waals surface area contributed by atoms with E-state index in [1.54, 1.807) is 24.8 Å². The Morgan fingerprint density at radius 2 is 1.96 bits per heavy atom. The molecular weight excluding hydrogens is 610 g/mol. The van der Waals surface area contributed by atoms with Crippen molar-refractivity contribution in [1.82, 2.24) is 19.8 Å². The number of carbonyl (C=O) groups excluding carboxylic acids is 2. The van der Waals surface area contributed by atoms with Crippen molar-refractivity contribution in [3.63, 3.8) is 0 Å². The first-order valence-corrected chi connectivity index (χ1v) is 16.4. The lowest BCUT2D eigenvalue weighted by atomic mass is 9.88. The minimum Gasteiger partial charge on any atom is -0.372 e. The van der Waals surface area contributed by atoms with Crippen molar-refractivity contribution in [2.45, 2.75) is 98.5 Å². The van der Waals surface area contributed by atoms with E-state index in [9.17, 15) is 23.6 Å². The average molecular weight is 655 g/mol. The van der Waals surface area contributed by atoms with E-state index in [4.69, 9.17) is 9.72 Å². The van der Waals surface area contributed by atoms with Gasteiger partial charge in [0, 0.05) is 32.3 Å². The summed E-state index contributed by atoms with van der Waals surface area (Å²) in [5.74, 6) is -0.651. The number of carbonyl (C=O) groups is 2. The first-order valence-electron chi connectivity index (χ1n) is 15.6. The normalized spacial score (nSPS) is 16.7. The second kappa shape index (κ2) is 14.4. The standard InChI is InChI=1S/C34H44F2N6O3S/c1-8-45-34(6,7)17-23(18-37)31(44)41-15-9-10-24(41)20-42-26-12-11-22(19-38-21(2)33(3,4)5)16-25(26)39-32(42)40-30(43)28-14-13-27(46-28)29(35)36/h11-14,16-17,21,24,29,38H,8-10,15,19-20H2,1-7H3,(H,39,40,43)/b23-17+/t21-,24+/m0/s1. The Hall–Kier alpha value is -3.66. The van der Waals surface area contributed by atoms with Crippen LogP contribution < -0.4 is 10.6 Å². The predicted octanol–water partition coefficient (Wildman–Crippen LogP) is 7.07. The molecule has 0 unspecified atom stereocenters. The number of fused-ring (bicyclic) bond motifs is 1. The van der Waals surface area contributed by atoms with E-state index in [2.05, 4.69) is 44.4 Å². The zero-order valence-electron chi connectivity index (χ0n) is 27.6. The number of nitrogens with one attached hydrogen (secondary N) is 2. The highest BCUT2D eigenvalue weighted by atomic mass is 32.1. The number of halogens is 2. The number of hydrogen-bond donors (Lipinski definition) is 2. The number of nitriles is 1. The van der Waals surface area contributed by atoms with Crippen LogP contribution in [0.2, 0.25) is 0 Å². The summed E-state index contributed by atoms with van der Waals surface area (Å²) in [6, 6.07) is 10.6. The number of imidazole rings is 1. The second-order valence-electron chi connectivity index (χ2n) is 13.3. The molecule has 46 heavy (non-hydrogen) atoms. The number of nitrogens with zero attached hydrogens (tertiary/aromatic N) is 4. The van der Waals surface area contributed by atoms with Gasteiger partial charge in [-0.2, -0.15) is 5.26 Å². The molecule has 9 nitrogen and oxygen atoms in total. The summed E-state index contributed by atoms with van der Waals surface area (Å²) >= 11 is 0.738. The fraction of sp³-hybridized carbons (Fsp3) is 0.529. The SMILES string of the molecule is CCOC(C)(C)/C=C(\C#N)C(=O)N1CCC[C@@H]1Cn1c(NC(=O)c2ccc(C(F)F)s2)nc2cc(CN[C@@H](C)C(C)(C)C)ccc21. The van der Waals surface area contributed by atoms with Gasteiger partial charge in [-0.1, -0.05) is 26.8 Å². The molecule has 3 heterocycles. The number of rotatable bonds is 12. The first kappa shape index (κ1) is 35.2. The highest BCUT2D eigenvalue weighted by Crippen LogP contribution is 2.30. The van der Waals surface area contributed by atoms with Gasteiger partial charge in [0.25, 0.3) is 18.2 Å². The molecule has 2 atom stereocenters. The van der Waals surface area contributed by atoms with Gasteiger partial charge >= 0.3 is 0 Å². The van der Waals surface area contributed by atoms with Crippen LogP contribution in [0, 0.1) is 16.7 Å². The van der Waals surface area contributed by atoms with Gasteiger partial charge in [0.05, 0.1) is 32.4 Å². The lowest BCUT2D eigenvalue weighted by molar-refractivity contribution is -0.127. The van der Waals surface area contributed by atoms with Crippen LogP contribution in [0.3, 0.4) is 0 Å². The van der Waals surface area contributed by atoms with Crippen LogP contribution in [0.25, 0.3) is 11.0 Å². The molecule has 1 aromatic carbocycles. The number of benzene rings is 1. The molecule has 0 radical (unpaired) electrons. The lowest BCUT2D eigenvalue weighted by Gasteiger charge is -2.28. The number of ether oxygens (including phenoxy) is 1. The van der Waals surface area contributed by atoms with E-state index in [-0.39, 0.29) is 44.7 Å². The molecule has 0 aliphatic carbocycles. The maximum atomic E-state index is 13.6. The fourth-order valence-corrected chi connectivity index (χ4v) is 6.22. The maximum Gasteiger partial charge on any atom is 0.272 e. The molecule has 12 heteroatoms. The summed E-state index contributed by atoms with van der Waals surface area (Å²) < 4.78 is 34.0. The van der Waals surface area contributed by atoms with Crippen LogP contribution in [-0.4, -0.2) is 57.1 Å². The molecule has 4 rings (SSSR count). The number of aromatic nitrogens is 2. The van der Waals surface area contributed by atoms with Crippen molar-refractivity contribution < 1.29 is 23.1 Å². The summed E-state index contributed by atoms with van der Waals surface area (Å²) in [6.07, 6.45) is 0.353. The van der Waals surface area contributed by atoms with Crippen molar-refractivity contribution >= 4 is 40.1 Å². The van der Waals surface area contributed by atoms with Crippen LogP contribution in [0.1, 0.15) is 87.8 Å². The summed E-state index contributed by atoms with van der Waals surface area (Å²) in [6.45, 7) is 16.0. The number of hydrogen-bond acceptors (Lipinski definition) is 7. The third kappa shape index (κ3) is 8.37. The Labute approximate surface area is 273 Å².